The van der Waals surface area contributed by atoms with Crippen molar-refractivity contribution in [2.24, 2.45) is 0 Å². The molecule has 1 heterocycles. The minimum absolute atomic E-state index is 0.0145. The number of hydrogen-bond donors (Lipinski definition) is 1. The number of nitrogens with one attached hydrogen (secondary N) is 1. The maximum atomic E-state index is 13.3. The van der Waals surface area contributed by atoms with E-state index in [0.29, 0.717) is 22.2 Å². The van der Waals surface area contributed by atoms with Crippen molar-refractivity contribution in [3.8, 4) is 11.5 Å². The summed E-state index contributed by atoms with van der Waals surface area (Å²) in [5.41, 5.74) is -0.102. The Labute approximate surface area is 230 Å². The van der Waals surface area contributed by atoms with Gasteiger partial charge in [0.05, 0.1) is 26.5 Å². The second-order valence-corrected chi connectivity index (χ2v) is 11.6. The zero-order chi connectivity index (χ0) is 27.5. The zero-order valence-corrected chi connectivity index (χ0v) is 22.7. The number of nitrogens with zero attached hydrogens (tertiary/aromatic N) is 2. The number of hydrogen-bond acceptors (Lipinski definition) is 5. The van der Waals surface area contributed by atoms with Crippen molar-refractivity contribution in [2.75, 3.05) is 39.8 Å². The minimum atomic E-state index is -4.44. The van der Waals surface area contributed by atoms with Gasteiger partial charge >= 0.3 is 6.18 Å². The Hall–Kier alpha value is -2.34. The van der Waals surface area contributed by atoms with Crippen LogP contribution in [0.4, 0.5) is 13.2 Å². The molecule has 12 heteroatoms. The number of sulfonamides is 1. The Morgan fingerprint density at radius 3 is 2.03 bits per heavy atom. The van der Waals surface area contributed by atoms with E-state index in [-0.39, 0.29) is 16.4 Å². The number of ether oxygens (including phenoxy) is 1. The van der Waals surface area contributed by atoms with Crippen LogP contribution in [-0.4, -0.2) is 58.0 Å². The Balaban J connectivity index is 1.50. The number of rotatable bonds is 8. The average molecular weight is 588 g/mol. The molecule has 3 aromatic rings. The number of halogens is 5. The molecular formula is C26H26Cl2F3N3O3S. The first-order valence-corrected chi connectivity index (χ1v) is 14.0. The van der Waals surface area contributed by atoms with Crippen LogP contribution < -0.4 is 9.46 Å². The molecule has 0 aliphatic carbocycles. The quantitative estimate of drug-likeness (QED) is 0.346. The molecule has 4 rings (SSSR count). The Kier molecular flexibility index (Phi) is 8.91. The largest absolute Gasteiger partial charge is 0.457 e. The molecule has 38 heavy (non-hydrogen) atoms. The van der Waals surface area contributed by atoms with Gasteiger partial charge in [0.2, 0.25) is 10.0 Å². The average Bonchev–Trinajstić information content (AvgIpc) is 2.87. The normalized spacial score (nSPS) is 16.4. The van der Waals surface area contributed by atoms with Gasteiger partial charge in [-0.1, -0.05) is 29.3 Å². The summed E-state index contributed by atoms with van der Waals surface area (Å²) in [7, 11) is -1.90. The Morgan fingerprint density at radius 2 is 1.47 bits per heavy atom. The van der Waals surface area contributed by atoms with Gasteiger partial charge in [0.25, 0.3) is 0 Å². The van der Waals surface area contributed by atoms with Crippen molar-refractivity contribution in [3.63, 3.8) is 0 Å². The topological polar surface area (TPSA) is 61.9 Å². The van der Waals surface area contributed by atoms with Gasteiger partial charge in [0, 0.05) is 32.7 Å². The summed E-state index contributed by atoms with van der Waals surface area (Å²) >= 11 is 12.3. The van der Waals surface area contributed by atoms with Crippen molar-refractivity contribution in [3.05, 3.63) is 87.9 Å². The molecule has 1 atom stereocenters. The molecule has 1 aliphatic rings. The molecule has 0 amide bonds. The van der Waals surface area contributed by atoms with Gasteiger partial charge in [-0.15, -0.1) is 0 Å². The van der Waals surface area contributed by atoms with E-state index in [0.717, 1.165) is 38.3 Å². The highest BCUT2D eigenvalue weighted by Crippen LogP contribution is 2.32. The standard InChI is InChI=1S/C26H26Cl2F3N3O3S/c1-33-12-14-34(15-13-33)17-25(18-2-11-23(27)24(28)16-18)32-38(35,36)22-9-7-21(8-10-22)37-20-5-3-19(4-6-20)26(29,30)31/h2-11,16,25,32H,12-15,17H2,1H3/t25-/m0/s1. The van der Waals surface area contributed by atoms with E-state index in [4.69, 9.17) is 27.9 Å². The van der Waals surface area contributed by atoms with Gasteiger partial charge in [0.1, 0.15) is 11.5 Å². The van der Waals surface area contributed by atoms with Crippen molar-refractivity contribution >= 4 is 33.2 Å². The SMILES string of the molecule is CN1CCN(C[C@H](NS(=O)(=O)c2ccc(Oc3ccc(C(F)(F)F)cc3)cc2)c2ccc(Cl)c(Cl)c2)CC1. The van der Waals surface area contributed by atoms with E-state index in [1.165, 1.54) is 36.4 Å². The van der Waals surface area contributed by atoms with Crippen molar-refractivity contribution < 1.29 is 26.3 Å². The van der Waals surface area contributed by atoms with Gasteiger partial charge in [-0.25, -0.2) is 13.1 Å². The van der Waals surface area contributed by atoms with E-state index in [1.807, 2.05) is 7.05 Å². The predicted molar refractivity (Wildman–Crippen MR) is 141 cm³/mol. The first-order chi connectivity index (χ1) is 17.9. The molecular weight excluding hydrogens is 562 g/mol. The van der Waals surface area contributed by atoms with Gasteiger partial charge in [-0.2, -0.15) is 13.2 Å². The molecule has 3 aromatic carbocycles. The minimum Gasteiger partial charge on any atom is -0.457 e. The monoisotopic (exact) mass is 587 g/mol. The summed E-state index contributed by atoms with van der Waals surface area (Å²) in [5.74, 6) is 0.473. The molecule has 0 bridgehead atoms. The van der Waals surface area contributed by atoms with Crippen LogP contribution in [0.2, 0.25) is 10.0 Å². The highest BCUT2D eigenvalue weighted by atomic mass is 35.5. The molecule has 1 saturated heterocycles. The molecule has 1 N–H and O–H groups in total. The molecule has 204 valence electrons. The number of likely N-dealkylation sites (N-methyl/N-ethyl adjacent to an activating group) is 1. The third kappa shape index (κ3) is 7.40. The first kappa shape index (κ1) is 28.7. The molecule has 0 spiro atoms. The lowest BCUT2D eigenvalue weighted by molar-refractivity contribution is -0.137. The lowest BCUT2D eigenvalue weighted by atomic mass is 10.1. The van der Waals surface area contributed by atoms with Crippen LogP contribution in [0.25, 0.3) is 0 Å². The number of piperazine rings is 1. The number of alkyl halides is 3. The highest BCUT2D eigenvalue weighted by Gasteiger charge is 2.30. The van der Waals surface area contributed by atoms with Gasteiger partial charge in [0.15, 0.2) is 0 Å². The second-order valence-electron chi connectivity index (χ2n) is 9.05. The summed E-state index contributed by atoms with van der Waals surface area (Å²) in [6, 6.07) is 14.4. The van der Waals surface area contributed by atoms with Crippen molar-refractivity contribution in [1.82, 2.24) is 14.5 Å². The van der Waals surface area contributed by atoms with Gasteiger partial charge in [-0.3, -0.25) is 4.90 Å². The van der Waals surface area contributed by atoms with Crippen LogP contribution >= 0.6 is 23.2 Å². The fourth-order valence-electron chi connectivity index (χ4n) is 4.02. The molecule has 1 fully saturated rings. The summed E-state index contributed by atoms with van der Waals surface area (Å²) in [5, 5.41) is 0.705. The Morgan fingerprint density at radius 1 is 0.895 bits per heavy atom. The summed E-state index contributed by atoms with van der Waals surface area (Å²) < 4.78 is 73.3. The third-order valence-electron chi connectivity index (χ3n) is 6.23. The molecule has 6 nitrogen and oxygen atoms in total. The fourth-order valence-corrected chi connectivity index (χ4v) is 5.54. The fraction of sp³-hybridized carbons (Fsp3) is 0.308. The van der Waals surface area contributed by atoms with Gasteiger partial charge in [-0.05, 0) is 73.3 Å². The van der Waals surface area contributed by atoms with Crippen LogP contribution in [0.15, 0.2) is 71.6 Å². The summed E-state index contributed by atoms with van der Waals surface area (Å²) in [6.45, 7) is 3.79. The van der Waals surface area contributed by atoms with E-state index >= 15 is 0 Å². The van der Waals surface area contributed by atoms with E-state index in [9.17, 15) is 21.6 Å². The summed E-state index contributed by atoms with van der Waals surface area (Å²) in [6.07, 6.45) is -4.44. The first-order valence-electron chi connectivity index (χ1n) is 11.7. The molecule has 1 aliphatic heterocycles. The molecule has 0 saturated carbocycles. The summed E-state index contributed by atoms with van der Waals surface area (Å²) in [4.78, 5) is 4.42. The number of benzene rings is 3. The van der Waals surface area contributed by atoms with E-state index in [2.05, 4.69) is 14.5 Å². The van der Waals surface area contributed by atoms with Crippen LogP contribution in [0.1, 0.15) is 17.2 Å². The lowest BCUT2D eigenvalue weighted by Gasteiger charge is -2.35. The van der Waals surface area contributed by atoms with Crippen LogP contribution in [-0.2, 0) is 16.2 Å². The molecule has 0 radical (unpaired) electrons. The van der Waals surface area contributed by atoms with Crippen molar-refractivity contribution in [2.45, 2.75) is 17.1 Å². The maximum Gasteiger partial charge on any atom is 0.416 e. The maximum absolute atomic E-state index is 13.3. The van der Waals surface area contributed by atoms with E-state index in [1.54, 1.807) is 18.2 Å². The van der Waals surface area contributed by atoms with Crippen LogP contribution in [0, 0.1) is 0 Å². The Bertz CT molecular complexity index is 1350. The molecule has 0 unspecified atom stereocenters. The van der Waals surface area contributed by atoms with E-state index < -0.39 is 27.8 Å². The second kappa shape index (κ2) is 11.8. The van der Waals surface area contributed by atoms with Crippen LogP contribution in [0.3, 0.4) is 0 Å². The third-order valence-corrected chi connectivity index (χ3v) is 8.46. The smallest absolute Gasteiger partial charge is 0.416 e. The highest BCUT2D eigenvalue weighted by molar-refractivity contribution is 7.89. The van der Waals surface area contributed by atoms with Crippen LogP contribution in [0.5, 0.6) is 11.5 Å². The molecule has 0 aromatic heterocycles. The lowest BCUT2D eigenvalue weighted by Crippen LogP contribution is -2.47. The predicted octanol–water partition coefficient (Wildman–Crippen LogP) is 6.07. The zero-order valence-electron chi connectivity index (χ0n) is 20.4. The van der Waals surface area contributed by atoms with Crippen molar-refractivity contribution in [1.29, 1.82) is 0 Å². The van der Waals surface area contributed by atoms with Gasteiger partial charge < -0.3 is 9.64 Å².